The molecule has 3 heteroatoms. The molecule has 1 saturated carbocycles. The zero-order chi connectivity index (χ0) is 12.5. The van der Waals surface area contributed by atoms with Crippen molar-refractivity contribution in [3.63, 3.8) is 0 Å². The predicted octanol–water partition coefficient (Wildman–Crippen LogP) is 2.05. The molecule has 17 heavy (non-hydrogen) atoms. The van der Waals surface area contributed by atoms with Crippen molar-refractivity contribution in [3.05, 3.63) is 35.4 Å². The summed E-state index contributed by atoms with van der Waals surface area (Å²) in [7, 11) is 0. The van der Waals surface area contributed by atoms with Gasteiger partial charge in [-0.15, -0.1) is 0 Å². The molecular weight excluding hydrogens is 212 g/mol. The van der Waals surface area contributed by atoms with E-state index in [0.717, 1.165) is 24.8 Å². The van der Waals surface area contributed by atoms with Crippen LogP contribution in [0.15, 0.2) is 24.3 Å². The van der Waals surface area contributed by atoms with Gasteiger partial charge in [0.05, 0.1) is 11.6 Å². The van der Waals surface area contributed by atoms with Crippen molar-refractivity contribution in [1.82, 2.24) is 5.32 Å². The van der Waals surface area contributed by atoms with Crippen LogP contribution in [0.3, 0.4) is 0 Å². The average molecular weight is 232 g/mol. The number of nitrogens with one attached hydrogen (secondary N) is 1. The molecule has 3 nitrogen and oxygen atoms in total. The molecule has 2 rings (SSSR count). The second kappa shape index (κ2) is 4.49. The highest BCUT2D eigenvalue weighted by molar-refractivity contribution is 5.87. The standard InChI is InChI=1S/C14H20N2O/c1-10-6-3-4-7-12(10)11(2)16-13(17)14(15)8-5-9-14/h3-4,6-7,11H,5,8-9,15H2,1-2H3,(H,16,17)/t11-/m1/s1. The van der Waals surface area contributed by atoms with Gasteiger partial charge >= 0.3 is 0 Å². The molecule has 1 aliphatic carbocycles. The number of nitrogens with two attached hydrogens (primary N) is 1. The normalized spacial score (nSPS) is 19.2. The summed E-state index contributed by atoms with van der Waals surface area (Å²) in [6, 6.07) is 8.12. The first-order valence-electron chi connectivity index (χ1n) is 6.18. The summed E-state index contributed by atoms with van der Waals surface area (Å²) < 4.78 is 0. The van der Waals surface area contributed by atoms with Crippen molar-refractivity contribution in [1.29, 1.82) is 0 Å². The van der Waals surface area contributed by atoms with E-state index in [4.69, 9.17) is 5.73 Å². The van der Waals surface area contributed by atoms with Crippen molar-refractivity contribution >= 4 is 5.91 Å². The van der Waals surface area contributed by atoms with Crippen LogP contribution in [0.2, 0.25) is 0 Å². The first-order chi connectivity index (χ1) is 8.03. The number of hydrogen-bond donors (Lipinski definition) is 2. The summed E-state index contributed by atoms with van der Waals surface area (Å²) in [5.41, 5.74) is 7.74. The van der Waals surface area contributed by atoms with Gasteiger partial charge in [-0.2, -0.15) is 0 Å². The van der Waals surface area contributed by atoms with Crippen LogP contribution in [0.1, 0.15) is 43.4 Å². The van der Waals surface area contributed by atoms with E-state index >= 15 is 0 Å². The molecule has 1 aliphatic rings. The molecule has 1 fully saturated rings. The Morgan fingerprint density at radius 2 is 2.06 bits per heavy atom. The van der Waals surface area contributed by atoms with Gasteiger partial charge in [0.2, 0.25) is 5.91 Å². The minimum Gasteiger partial charge on any atom is -0.348 e. The van der Waals surface area contributed by atoms with E-state index in [-0.39, 0.29) is 11.9 Å². The van der Waals surface area contributed by atoms with Gasteiger partial charge in [0.15, 0.2) is 0 Å². The zero-order valence-electron chi connectivity index (χ0n) is 10.5. The van der Waals surface area contributed by atoms with Crippen LogP contribution in [0.4, 0.5) is 0 Å². The van der Waals surface area contributed by atoms with Gasteiger partial charge in [-0.1, -0.05) is 24.3 Å². The third-order valence-electron chi connectivity index (χ3n) is 3.70. The summed E-state index contributed by atoms with van der Waals surface area (Å²) in [4.78, 5) is 12.0. The fraction of sp³-hybridized carbons (Fsp3) is 0.500. The Kier molecular flexibility index (Phi) is 3.20. The molecule has 0 radical (unpaired) electrons. The van der Waals surface area contributed by atoms with Gasteiger partial charge in [-0.05, 0) is 44.2 Å². The van der Waals surface area contributed by atoms with Crippen LogP contribution >= 0.6 is 0 Å². The van der Waals surface area contributed by atoms with Crippen LogP contribution in [-0.2, 0) is 4.79 Å². The highest BCUT2D eigenvalue weighted by Crippen LogP contribution is 2.30. The number of amides is 1. The Labute approximate surface area is 102 Å². The lowest BCUT2D eigenvalue weighted by Crippen LogP contribution is -2.58. The smallest absolute Gasteiger partial charge is 0.240 e. The monoisotopic (exact) mass is 232 g/mol. The van der Waals surface area contributed by atoms with Crippen molar-refractivity contribution in [2.24, 2.45) is 5.73 Å². The van der Waals surface area contributed by atoms with E-state index in [2.05, 4.69) is 18.3 Å². The summed E-state index contributed by atoms with van der Waals surface area (Å²) in [6.45, 7) is 4.06. The fourth-order valence-corrected chi connectivity index (χ4v) is 2.28. The van der Waals surface area contributed by atoms with E-state index < -0.39 is 5.54 Å². The topological polar surface area (TPSA) is 55.1 Å². The molecule has 0 aliphatic heterocycles. The fourth-order valence-electron chi connectivity index (χ4n) is 2.28. The molecule has 3 N–H and O–H groups in total. The molecule has 1 aromatic rings. The van der Waals surface area contributed by atoms with E-state index in [1.165, 1.54) is 5.56 Å². The minimum absolute atomic E-state index is 0.0143. The molecule has 1 aromatic carbocycles. The zero-order valence-corrected chi connectivity index (χ0v) is 10.5. The van der Waals surface area contributed by atoms with Gasteiger partial charge in [0.1, 0.15) is 0 Å². The molecule has 0 spiro atoms. The number of carbonyl (C=O) groups is 1. The molecule has 1 amide bonds. The van der Waals surface area contributed by atoms with Gasteiger partial charge in [-0.25, -0.2) is 0 Å². The number of rotatable bonds is 3. The second-order valence-electron chi connectivity index (χ2n) is 5.06. The molecule has 0 aromatic heterocycles. The van der Waals surface area contributed by atoms with Crippen molar-refractivity contribution in [3.8, 4) is 0 Å². The van der Waals surface area contributed by atoms with Crippen LogP contribution < -0.4 is 11.1 Å². The average Bonchev–Trinajstić information content (AvgIpc) is 2.26. The summed E-state index contributed by atoms with van der Waals surface area (Å²) in [5.74, 6) is -0.0143. The summed E-state index contributed by atoms with van der Waals surface area (Å²) >= 11 is 0. The van der Waals surface area contributed by atoms with E-state index in [1.807, 2.05) is 25.1 Å². The molecule has 0 bridgehead atoms. The lowest BCUT2D eigenvalue weighted by molar-refractivity contribution is -0.129. The van der Waals surface area contributed by atoms with Crippen LogP contribution in [-0.4, -0.2) is 11.4 Å². The van der Waals surface area contributed by atoms with Crippen LogP contribution in [0, 0.1) is 6.92 Å². The summed E-state index contributed by atoms with van der Waals surface area (Å²) in [6.07, 6.45) is 2.67. The van der Waals surface area contributed by atoms with E-state index in [9.17, 15) is 4.79 Å². The van der Waals surface area contributed by atoms with Crippen molar-refractivity contribution in [2.45, 2.75) is 44.7 Å². The van der Waals surface area contributed by atoms with Gasteiger partial charge in [0.25, 0.3) is 0 Å². The van der Waals surface area contributed by atoms with Crippen LogP contribution in [0.25, 0.3) is 0 Å². The molecule has 0 saturated heterocycles. The van der Waals surface area contributed by atoms with Crippen LogP contribution in [0.5, 0.6) is 0 Å². The first-order valence-corrected chi connectivity index (χ1v) is 6.18. The quantitative estimate of drug-likeness (QED) is 0.838. The van der Waals surface area contributed by atoms with Gasteiger partial charge in [0, 0.05) is 0 Å². The maximum atomic E-state index is 12.0. The largest absolute Gasteiger partial charge is 0.348 e. The molecule has 0 unspecified atom stereocenters. The summed E-state index contributed by atoms with van der Waals surface area (Å²) in [5, 5.41) is 3.02. The number of benzene rings is 1. The third kappa shape index (κ3) is 2.34. The second-order valence-corrected chi connectivity index (χ2v) is 5.06. The molecule has 92 valence electrons. The Hall–Kier alpha value is -1.35. The highest BCUT2D eigenvalue weighted by Gasteiger charge is 2.40. The Morgan fingerprint density at radius 1 is 1.41 bits per heavy atom. The van der Waals surface area contributed by atoms with Gasteiger partial charge in [-0.3, -0.25) is 4.79 Å². The third-order valence-corrected chi connectivity index (χ3v) is 3.70. The predicted molar refractivity (Wildman–Crippen MR) is 68.5 cm³/mol. The molecular formula is C14H20N2O. The van der Waals surface area contributed by atoms with E-state index in [1.54, 1.807) is 0 Å². The van der Waals surface area contributed by atoms with E-state index in [0.29, 0.717) is 0 Å². The Balaban J connectivity index is 2.04. The first kappa shape index (κ1) is 12.1. The maximum absolute atomic E-state index is 12.0. The molecule has 1 atom stereocenters. The number of hydrogen-bond acceptors (Lipinski definition) is 2. The number of aryl methyl sites for hydroxylation is 1. The SMILES string of the molecule is Cc1ccccc1[C@@H](C)NC(=O)C1(N)CCC1. The lowest BCUT2D eigenvalue weighted by atomic mass is 9.77. The Bertz CT molecular complexity index is 424. The maximum Gasteiger partial charge on any atom is 0.240 e. The van der Waals surface area contributed by atoms with Crippen molar-refractivity contribution in [2.75, 3.05) is 0 Å². The number of carbonyl (C=O) groups excluding carboxylic acids is 1. The minimum atomic E-state index is -0.614. The lowest BCUT2D eigenvalue weighted by Gasteiger charge is -2.37. The van der Waals surface area contributed by atoms with Crippen molar-refractivity contribution < 1.29 is 4.79 Å². The Morgan fingerprint density at radius 3 is 2.59 bits per heavy atom. The van der Waals surface area contributed by atoms with Gasteiger partial charge < -0.3 is 11.1 Å². The molecule has 0 heterocycles. The highest BCUT2D eigenvalue weighted by atomic mass is 16.2.